The predicted octanol–water partition coefficient (Wildman–Crippen LogP) is 5.19. The molecule has 3 N–H and O–H groups in total. The van der Waals surface area contributed by atoms with E-state index >= 15 is 0 Å². The van der Waals surface area contributed by atoms with Crippen LogP contribution in [0.1, 0.15) is 57.7 Å². The molecule has 0 aliphatic rings. The molecule has 35 heavy (non-hydrogen) atoms. The van der Waals surface area contributed by atoms with Crippen LogP contribution < -0.4 is 15.4 Å². The van der Waals surface area contributed by atoms with E-state index in [0.29, 0.717) is 22.5 Å². The molecule has 3 rings (SSSR count). The van der Waals surface area contributed by atoms with E-state index in [-0.39, 0.29) is 22.4 Å². The second-order valence-corrected chi connectivity index (χ2v) is 10.3. The van der Waals surface area contributed by atoms with Gasteiger partial charge in [0, 0.05) is 11.6 Å². The van der Waals surface area contributed by atoms with Gasteiger partial charge in [0.05, 0.1) is 21.8 Å². The molecule has 3 aromatic rings. The first kappa shape index (κ1) is 26.0. The van der Waals surface area contributed by atoms with Crippen LogP contribution in [0.4, 0.5) is 11.4 Å². The molecule has 8 heteroatoms. The van der Waals surface area contributed by atoms with Crippen LogP contribution in [-0.2, 0) is 10.0 Å². The van der Waals surface area contributed by atoms with Gasteiger partial charge in [0.2, 0.25) is 0 Å². The number of rotatable bonds is 8. The molecule has 0 aliphatic heterocycles. The van der Waals surface area contributed by atoms with Crippen molar-refractivity contribution in [2.24, 2.45) is 0 Å². The second-order valence-electron chi connectivity index (χ2n) is 8.69. The second kappa shape index (κ2) is 10.7. The van der Waals surface area contributed by atoms with Gasteiger partial charge in [-0.1, -0.05) is 42.8 Å². The first-order valence-electron chi connectivity index (χ1n) is 11.4. The molecule has 0 spiro atoms. The lowest BCUT2D eigenvalue weighted by molar-refractivity contribution is 0.0940. The Bertz CT molecular complexity index is 1370. The lowest BCUT2D eigenvalue weighted by Crippen LogP contribution is -2.32. The quantitative estimate of drug-likeness (QED) is 0.401. The van der Waals surface area contributed by atoms with Crippen LogP contribution in [-0.4, -0.2) is 26.3 Å². The van der Waals surface area contributed by atoms with Crippen LogP contribution in [0.5, 0.6) is 0 Å². The fourth-order valence-electron chi connectivity index (χ4n) is 3.55. The van der Waals surface area contributed by atoms with Crippen molar-refractivity contribution >= 4 is 33.2 Å². The summed E-state index contributed by atoms with van der Waals surface area (Å²) < 4.78 is 29.0. The van der Waals surface area contributed by atoms with Crippen LogP contribution in [0.25, 0.3) is 0 Å². The number of carbonyl (C=O) groups excluding carboxylic acids is 2. The van der Waals surface area contributed by atoms with Gasteiger partial charge in [0.25, 0.3) is 21.8 Å². The Morgan fingerprint density at radius 1 is 0.857 bits per heavy atom. The molecule has 0 fully saturated rings. The standard InChI is InChI=1S/C27H31N3O4S/c1-6-20(5)28-27(32)22-9-7-8-10-24(22)29-26(31)21-13-12-18(3)25(16-21)35(33,34)30-23-14-11-17(2)15-19(23)4/h7-16,20,30H,6H2,1-5H3,(H,28,32)(H,29,31)/t20-/m1/s1. The summed E-state index contributed by atoms with van der Waals surface area (Å²) in [7, 11) is -3.94. The molecule has 2 amide bonds. The summed E-state index contributed by atoms with van der Waals surface area (Å²) in [5.41, 5.74) is 3.65. The third kappa shape index (κ3) is 6.27. The number of aryl methyl sites for hydroxylation is 3. The molecule has 0 saturated carbocycles. The Labute approximate surface area is 207 Å². The summed E-state index contributed by atoms with van der Waals surface area (Å²) in [5, 5.41) is 5.64. The molecule has 0 unspecified atom stereocenters. The molecule has 0 radical (unpaired) electrons. The topological polar surface area (TPSA) is 104 Å². The van der Waals surface area contributed by atoms with Crippen LogP contribution in [0.2, 0.25) is 0 Å². The summed E-state index contributed by atoms with van der Waals surface area (Å²) in [6.45, 7) is 9.31. The molecule has 7 nitrogen and oxygen atoms in total. The fourth-order valence-corrected chi connectivity index (χ4v) is 4.95. The molecule has 184 valence electrons. The summed E-state index contributed by atoms with van der Waals surface area (Å²) in [5.74, 6) is -0.808. The fraction of sp³-hybridized carbons (Fsp3) is 0.259. The van der Waals surface area contributed by atoms with Crippen molar-refractivity contribution in [3.63, 3.8) is 0 Å². The van der Waals surface area contributed by atoms with Gasteiger partial charge in [0.15, 0.2) is 0 Å². The third-order valence-corrected chi connectivity index (χ3v) is 7.28. The predicted molar refractivity (Wildman–Crippen MR) is 140 cm³/mol. The number of hydrogen-bond donors (Lipinski definition) is 3. The van der Waals surface area contributed by atoms with E-state index in [0.717, 1.165) is 17.5 Å². The maximum atomic E-state index is 13.2. The monoisotopic (exact) mass is 493 g/mol. The molecule has 0 aromatic heterocycles. The van der Waals surface area contributed by atoms with Gasteiger partial charge < -0.3 is 10.6 Å². The maximum Gasteiger partial charge on any atom is 0.262 e. The van der Waals surface area contributed by atoms with Crippen molar-refractivity contribution in [1.29, 1.82) is 0 Å². The number of anilines is 2. The van der Waals surface area contributed by atoms with Crippen molar-refractivity contribution in [3.8, 4) is 0 Å². The summed E-state index contributed by atoms with van der Waals surface area (Å²) in [6.07, 6.45) is 0.775. The molecular weight excluding hydrogens is 462 g/mol. The highest BCUT2D eigenvalue weighted by Gasteiger charge is 2.21. The zero-order valence-corrected chi connectivity index (χ0v) is 21.4. The van der Waals surface area contributed by atoms with Crippen LogP contribution in [0.15, 0.2) is 65.6 Å². The molecule has 0 bridgehead atoms. The number of carbonyl (C=O) groups is 2. The van der Waals surface area contributed by atoms with Crippen molar-refractivity contribution in [3.05, 3.63) is 88.5 Å². The van der Waals surface area contributed by atoms with Gasteiger partial charge in [0.1, 0.15) is 0 Å². The summed E-state index contributed by atoms with van der Waals surface area (Å²) >= 11 is 0. The van der Waals surface area contributed by atoms with E-state index in [1.807, 2.05) is 39.8 Å². The SMILES string of the molecule is CC[C@@H](C)NC(=O)c1ccccc1NC(=O)c1ccc(C)c(S(=O)(=O)Nc2ccc(C)cc2C)c1. The van der Waals surface area contributed by atoms with Gasteiger partial charge in [-0.3, -0.25) is 14.3 Å². The molecule has 0 saturated heterocycles. The number of amides is 2. The average molecular weight is 494 g/mol. The van der Waals surface area contributed by atoms with Crippen molar-refractivity contribution in [1.82, 2.24) is 5.32 Å². The Morgan fingerprint density at radius 3 is 2.26 bits per heavy atom. The van der Waals surface area contributed by atoms with E-state index in [9.17, 15) is 18.0 Å². The maximum absolute atomic E-state index is 13.2. The minimum Gasteiger partial charge on any atom is -0.350 e. The zero-order chi connectivity index (χ0) is 25.8. The van der Waals surface area contributed by atoms with E-state index in [1.165, 1.54) is 6.07 Å². The van der Waals surface area contributed by atoms with Gasteiger partial charge in [-0.15, -0.1) is 0 Å². The average Bonchev–Trinajstić information content (AvgIpc) is 2.81. The van der Waals surface area contributed by atoms with Gasteiger partial charge in [-0.2, -0.15) is 0 Å². The van der Waals surface area contributed by atoms with Crippen LogP contribution in [0, 0.1) is 20.8 Å². The van der Waals surface area contributed by atoms with Gasteiger partial charge in [-0.05, 0) is 75.6 Å². The molecular formula is C27H31N3O4S. The Hall–Kier alpha value is -3.65. The zero-order valence-electron chi connectivity index (χ0n) is 20.6. The number of nitrogens with one attached hydrogen (secondary N) is 3. The number of benzene rings is 3. The number of para-hydroxylation sites is 1. The van der Waals surface area contributed by atoms with Crippen LogP contribution in [0.3, 0.4) is 0 Å². The molecule has 3 aromatic carbocycles. The number of hydrogen-bond acceptors (Lipinski definition) is 4. The van der Waals surface area contributed by atoms with Crippen molar-refractivity contribution < 1.29 is 18.0 Å². The number of sulfonamides is 1. The van der Waals surface area contributed by atoms with Gasteiger partial charge in [-0.25, -0.2) is 8.42 Å². The lowest BCUT2D eigenvalue weighted by atomic mass is 10.1. The van der Waals surface area contributed by atoms with E-state index < -0.39 is 15.9 Å². The molecule has 0 aliphatic carbocycles. The summed E-state index contributed by atoms with van der Waals surface area (Å²) in [4.78, 5) is 25.7. The molecule has 0 heterocycles. The Morgan fingerprint density at radius 2 is 1.57 bits per heavy atom. The minimum absolute atomic E-state index is 0.00734. The van der Waals surface area contributed by atoms with E-state index in [1.54, 1.807) is 49.4 Å². The lowest BCUT2D eigenvalue weighted by Gasteiger charge is -2.16. The first-order chi connectivity index (χ1) is 16.5. The highest BCUT2D eigenvalue weighted by atomic mass is 32.2. The normalized spacial score (nSPS) is 12.0. The largest absolute Gasteiger partial charge is 0.350 e. The highest BCUT2D eigenvalue weighted by molar-refractivity contribution is 7.92. The van der Waals surface area contributed by atoms with Crippen LogP contribution >= 0.6 is 0 Å². The van der Waals surface area contributed by atoms with Crippen molar-refractivity contribution in [2.75, 3.05) is 10.0 Å². The van der Waals surface area contributed by atoms with E-state index in [4.69, 9.17) is 0 Å². The van der Waals surface area contributed by atoms with Crippen molar-refractivity contribution in [2.45, 2.75) is 52.0 Å². The smallest absolute Gasteiger partial charge is 0.262 e. The Kier molecular flexibility index (Phi) is 7.96. The van der Waals surface area contributed by atoms with Gasteiger partial charge >= 0.3 is 0 Å². The first-order valence-corrected chi connectivity index (χ1v) is 12.9. The third-order valence-electron chi connectivity index (χ3n) is 5.78. The molecule has 1 atom stereocenters. The summed E-state index contributed by atoms with van der Waals surface area (Å²) in [6, 6.07) is 16.6. The van der Waals surface area contributed by atoms with E-state index in [2.05, 4.69) is 15.4 Å². The minimum atomic E-state index is -3.94. The highest BCUT2D eigenvalue weighted by Crippen LogP contribution is 2.24. The Balaban J connectivity index is 1.88.